The maximum Gasteiger partial charge on any atom is 0.323 e. The van der Waals surface area contributed by atoms with Crippen molar-refractivity contribution in [3.8, 4) is 11.5 Å². The van der Waals surface area contributed by atoms with Crippen molar-refractivity contribution >= 4 is 38.8 Å². The number of ether oxygens (including phenoxy) is 1. The van der Waals surface area contributed by atoms with E-state index in [2.05, 4.69) is 21.4 Å². The van der Waals surface area contributed by atoms with Gasteiger partial charge in [0.2, 0.25) is 0 Å². The van der Waals surface area contributed by atoms with E-state index in [1.165, 1.54) is 12.1 Å². The van der Waals surface area contributed by atoms with Crippen LogP contribution in [0.15, 0.2) is 62.2 Å². The van der Waals surface area contributed by atoms with E-state index in [1.807, 2.05) is 19.1 Å². The number of nitrogens with one attached hydrogen (secondary N) is 1. The van der Waals surface area contributed by atoms with Crippen LogP contribution >= 0.6 is 15.9 Å². The molecular weight excluding hydrogens is 480 g/mol. The SMILES string of the molecule is CC[C@H](C)[C@@H](C(=O)O)N(C)NC(=O)c1cc(=O)c2c(Oc3ccc(Br)cc3)cccc2o1. The predicted molar refractivity (Wildman–Crippen MR) is 123 cm³/mol. The molecule has 0 unspecified atom stereocenters. The third-order valence-electron chi connectivity index (χ3n) is 5.11. The smallest absolute Gasteiger partial charge is 0.323 e. The second kappa shape index (κ2) is 9.97. The summed E-state index contributed by atoms with van der Waals surface area (Å²) < 4.78 is 12.4. The molecule has 0 spiro atoms. The molecule has 0 bridgehead atoms. The number of amides is 1. The van der Waals surface area contributed by atoms with Gasteiger partial charge in [0.15, 0.2) is 11.2 Å². The molecule has 0 aliphatic heterocycles. The van der Waals surface area contributed by atoms with Gasteiger partial charge in [0, 0.05) is 17.6 Å². The minimum Gasteiger partial charge on any atom is -0.480 e. The van der Waals surface area contributed by atoms with Gasteiger partial charge in [0.25, 0.3) is 0 Å². The largest absolute Gasteiger partial charge is 0.480 e. The Bertz CT molecular complexity index is 1190. The minimum absolute atomic E-state index is 0.177. The van der Waals surface area contributed by atoms with Crippen LogP contribution in [-0.4, -0.2) is 35.1 Å². The molecular formula is C23H23BrN2O6. The van der Waals surface area contributed by atoms with Gasteiger partial charge in [-0.05, 0) is 42.3 Å². The number of nitrogens with zero attached hydrogens (tertiary/aromatic N) is 1. The van der Waals surface area contributed by atoms with Crippen molar-refractivity contribution in [1.29, 1.82) is 0 Å². The van der Waals surface area contributed by atoms with Gasteiger partial charge in [0.05, 0.1) is 0 Å². The highest BCUT2D eigenvalue weighted by Gasteiger charge is 2.29. The molecule has 2 aromatic carbocycles. The summed E-state index contributed by atoms with van der Waals surface area (Å²) in [6, 6.07) is 12.1. The summed E-state index contributed by atoms with van der Waals surface area (Å²) >= 11 is 3.35. The van der Waals surface area contributed by atoms with Gasteiger partial charge in [-0.1, -0.05) is 42.3 Å². The molecule has 0 aliphatic rings. The van der Waals surface area contributed by atoms with Gasteiger partial charge in [-0.15, -0.1) is 0 Å². The number of carboxylic acids is 1. The fraction of sp³-hybridized carbons (Fsp3) is 0.261. The molecule has 1 heterocycles. The van der Waals surface area contributed by atoms with Crippen molar-refractivity contribution in [3.05, 3.63) is 69.0 Å². The fourth-order valence-electron chi connectivity index (χ4n) is 3.30. The van der Waals surface area contributed by atoms with Gasteiger partial charge >= 0.3 is 11.9 Å². The minimum atomic E-state index is -1.06. The molecule has 2 atom stereocenters. The van der Waals surface area contributed by atoms with Crippen LogP contribution in [0.5, 0.6) is 11.5 Å². The van der Waals surface area contributed by atoms with Crippen LogP contribution < -0.4 is 15.6 Å². The van der Waals surface area contributed by atoms with Gasteiger partial charge in [-0.25, -0.2) is 5.01 Å². The van der Waals surface area contributed by atoms with Crippen LogP contribution in [0.25, 0.3) is 11.0 Å². The lowest BCUT2D eigenvalue weighted by atomic mass is 9.99. The molecule has 9 heteroatoms. The average molecular weight is 503 g/mol. The summed E-state index contributed by atoms with van der Waals surface area (Å²) in [6.45, 7) is 3.65. The zero-order chi connectivity index (χ0) is 23.4. The Morgan fingerprint density at radius 3 is 2.53 bits per heavy atom. The van der Waals surface area contributed by atoms with Gasteiger partial charge < -0.3 is 14.3 Å². The lowest BCUT2D eigenvalue weighted by Gasteiger charge is -2.28. The maximum absolute atomic E-state index is 12.8. The molecule has 0 saturated carbocycles. The third kappa shape index (κ3) is 5.17. The number of hydrazine groups is 1. The van der Waals surface area contributed by atoms with Gasteiger partial charge in [0.1, 0.15) is 28.5 Å². The number of likely N-dealkylation sites (N-methyl/N-ethyl adjacent to an activating group) is 1. The number of hydrogen-bond acceptors (Lipinski definition) is 6. The fourth-order valence-corrected chi connectivity index (χ4v) is 3.57. The predicted octanol–water partition coefficient (Wildman–Crippen LogP) is 4.42. The number of rotatable bonds is 8. The summed E-state index contributed by atoms with van der Waals surface area (Å²) in [5.41, 5.74) is 2.21. The first-order chi connectivity index (χ1) is 15.2. The maximum atomic E-state index is 12.8. The lowest BCUT2D eigenvalue weighted by molar-refractivity contribution is -0.145. The van der Waals surface area contributed by atoms with E-state index in [0.717, 1.165) is 10.5 Å². The summed E-state index contributed by atoms with van der Waals surface area (Å²) in [5, 5.41) is 10.9. The Morgan fingerprint density at radius 2 is 1.91 bits per heavy atom. The summed E-state index contributed by atoms with van der Waals surface area (Å²) in [6.07, 6.45) is 0.614. The van der Waals surface area contributed by atoms with Crippen LogP contribution in [0.1, 0.15) is 30.8 Å². The second-order valence-electron chi connectivity index (χ2n) is 7.38. The van der Waals surface area contributed by atoms with E-state index in [1.54, 1.807) is 37.3 Å². The number of carbonyl (C=O) groups is 2. The van der Waals surface area contributed by atoms with Crippen molar-refractivity contribution < 1.29 is 23.8 Å². The number of hydrogen-bond donors (Lipinski definition) is 2. The number of fused-ring (bicyclic) bond motifs is 1. The average Bonchev–Trinajstić information content (AvgIpc) is 2.74. The zero-order valence-electron chi connectivity index (χ0n) is 17.8. The Balaban J connectivity index is 1.89. The molecule has 0 saturated heterocycles. The van der Waals surface area contributed by atoms with E-state index in [4.69, 9.17) is 9.15 Å². The number of aliphatic carboxylic acids is 1. The van der Waals surface area contributed by atoms with Crippen molar-refractivity contribution in [3.63, 3.8) is 0 Å². The molecule has 1 aromatic heterocycles. The summed E-state index contributed by atoms with van der Waals surface area (Å²) in [7, 11) is 1.46. The number of carbonyl (C=O) groups excluding carboxylic acids is 1. The number of carboxylic acid groups (broad SMARTS) is 1. The molecule has 0 radical (unpaired) electrons. The standard InChI is InChI=1S/C23H23BrN2O6/c1-4-13(2)21(23(29)30)26(3)25-22(28)19-12-16(27)20-17(6-5-7-18(20)32-19)31-15-10-8-14(24)9-11-15/h5-13,21H,4H2,1-3H3,(H,25,28)(H,29,30)/t13-,21-/m0/s1. The van der Waals surface area contributed by atoms with E-state index >= 15 is 0 Å². The van der Waals surface area contributed by atoms with Crippen LogP contribution in [-0.2, 0) is 4.79 Å². The highest BCUT2D eigenvalue weighted by molar-refractivity contribution is 9.10. The third-order valence-corrected chi connectivity index (χ3v) is 5.64. The van der Waals surface area contributed by atoms with Crippen LogP contribution in [0.4, 0.5) is 0 Å². The Kier molecular flexibility index (Phi) is 7.32. The quantitative estimate of drug-likeness (QED) is 0.438. The molecule has 3 aromatic rings. The molecule has 32 heavy (non-hydrogen) atoms. The molecule has 0 fully saturated rings. The topological polar surface area (TPSA) is 109 Å². The van der Waals surface area contributed by atoms with E-state index < -0.39 is 23.3 Å². The van der Waals surface area contributed by atoms with Gasteiger partial charge in [-0.2, -0.15) is 0 Å². The first-order valence-electron chi connectivity index (χ1n) is 9.98. The number of halogens is 1. The molecule has 1 amide bonds. The second-order valence-corrected chi connectivity index (χ2v) is 8.30. The Morgan fingerprint density at radius 1 is 1.22 bits per heavy atom. The normalized spacial score (nSPS) is 13.0. The molecule has 0 aliphatic carbocycles. The van der Waals surface area contributed by atoms with E-state index in [0.29, 0.717) is 17.9 Å². The highest BCUT2D eigenvalue weighted by atomic mass is 79.9. The lowest BCUT2D eigenvalue weighted by Crippen LogP contribution is -2.52. The van der Waals surface area contributed by atoms with Crippen LogP contribution in [0, 0.1) is 5.92 Å². The number of benzene rings is 2. The van der Waals surface area contributed by atoms with Crippen molar-refractivity contribution in [2.45, 2.75) is 26.3 Å². The molecule has 8 nitrogen and oxygen atoms in total. The van der Waals surface area contributed by atoms with Crippen LogP contribution in [0.2, 0.25) is 0 Å². The summed E-state index contributed by atoms with van der Waals surface area (Å²) in [5.74, 6) is -1.39. The zero-order valence-corrected chi connectivity index (χ0v) is 19.4. The molecule has 2 N–H and O–H groups in total. The van der Waals surface area contributed by atoms with E-state index in [9.17, 15) is 19.5 Å². The van der Waals surface area contributed by atoms with Gasteiger partial charge in [-0.3, -0.25) is 19.8 Å². The van der Waals surface area contributed by atoms with Crippen LogP contribution in [0.3, 0.4) is 0 Å². The van der Waals surface area contributed by atoms with Crippen molar-refractivity contribution in [1.82, 2.24) is 10.4 Å². The summed E-state index contributed by atoms with van der Waals surface area (Å²) in [4.78, 5) is 37.1. The highest BCUT2D eigenvalue weighted by Crippen LogP contribution is 2.29. The van der Waals surface area contributed by atoms with Crippen molar-refractivity contribution in [2.24, 2.45) is 5.92 Å². The van der Waals surface area contributed by atoms with E-state index in [-0.39, 0.29) is 22.6 Å². The Labute approximate surface area is 192 Å². The van der Waals surface area contributed by atoms with Crippen molar-refractivity contribution in [2.75, 3.05) is 7.05 Å². The monoisotopic (exact) mass is 502 g/mol. The Hall–Kier alpha value is -3.17. The first kappa shape index (κ1) is 23.5. The molecule has 3 rings (SSSR count). The first-order valence-corrected chi connectivity index (χ1v) is 10.8. The molecule has 168 valence electrons.